The third-order valence-corrected chi connectivity index (χ3v) is 5.02. The highest BCUT2D eigenvalue weighted by molar-refractivity contribution is 7.22. The van der Waals surface area contributed by atoms with Crippen molar-refractivity contribution in [2.75, 3.05) is 36.0 Å². The first kappa shape index (κ1) is 13.3. The number of H-pyrrole nitrogens is 1. The van der Waals surface area contributed by atoms with E-state index in [9.17, 15) is 4.79 Å². The fourth-order valence-electron chi connectivity index (χ4n) is 2.75. The highest BCUT2D eigenvalue weighted by Gasteiger charge is 2.20. The van der Waals surface area contributed by atoms with Gasteiger partial charge in [-0.05, 0) is 18.2 Å². The number of hydrogen-bond acceptors (Lipinski definition) is 5. The number of piperazine rings is 1. The molecule has 3 heterocycles. The van der Waals surface area contributed by atoms with E-state index in [-0.39, 0.29) is 5.56 Å². The zero-order valence-electron chi connectivity index (χ0n) is 12.0. The molecule has 0 radical (unpaired) electrons. The van der Waals surface area contributed by atoms with Crippen molar-refractivity contribution >= 4 is 32.5 Å². The van der Waals surface area contributed by atoms with Gasteiger partial charge in [0.2, 0.25) is 5.56 Å². The summed E-state index contributed by atoms with van der Waals surface area (Å²) in [5.74, 6) is 0.899. The first-order valence-corrected chi connectivity index (χ1v) is 8.16. The number of benzene rings is 1. The molecular weight excluding hydrogens is 296 g/mol. The van der Waals surface area contributed by atoms with E-state index in [2.05, 4.69) is 26.9 Å². The molecule has 0 amide bonds. The van der Waals surface area contributed by atoms with Crippen LogP contribution in [0.3, 0.4) is 0 Å². The zero-order chi connectivity index (χ0) is 14.9. The average Bonchev–Trinajstić information content (AvgIpc) is 2.99. The molecule has 22 heavy (non-hydrogen) atoms. The summed E-state index contributed by atoms with van der Waals surface area (Å²) in [7, 11) is 0. The van der Waals surface area contributed by atoms with Crippen molar-refractivity contribution in [1.29, 1.82) is 0 Å². The van der Waals surface area contributed by atoms with Crippen LogP contribution in [0.1, 0.15) is 0 Å². The van der Waals surface area contributed by atoms with Crippen molar-refractivity contribution in [2.45, 2.75) is 0 Å². The van der Waals surface area contributed by atoms with Gasteiger partial charge in [0.15, 0.2) is 5.13 Å². The fourth-order valence-corrected chi connectivity index (χ4v) is 3.77. The SMILES string of the molecule is O=c1cccc(N2CCN(c3nc4ccccc4s3)CC2)[nH]1. The summed E-state index contributed by atoms with van der Waals surface area (Å²) in [5, 5.41) is 1.09. The van der Waals surface area contributed by atoms with Crippen LogP contribution in [0.25, 0.3) is 10.2 Å². The van der Waals surface area contributed by atoms with Crippen LogP contribution in [-0.2, 0) is 0 Å². The molecule has 1 N–H and O–H groups in total. The number of para-hydroxylation sites is 1. The van der Waals surface area contributed by atoms with Crippen LogP contribution in [-0.4, -0.2) is 36.1 Å². The number of nitrogens with one attached hydrogen (secondary N) is 1. The van der Waals surface area contributed by atoms with Crippen LogP contribution in [0, 0.1) is 0 Å². The monoisotopic (exact) mass is 312 g/mol. The molecule has 0 atom stereocenters. The summed E-state index contributed by atoms with van der Waals surface area (Å²) in [4.78, 5) is 23.6. The summed E-state index contributed by atoms with van der Waals surface area (Å²) in [5.41, 5.74) is 1.02. The molecule has 0 spiro atoms. The van der Waals surface area contributed by atoms with Crippen LogP contribution in [0.4, 0.5) is 10.9 Å². The Balaban J connectivity index is 1.50. The molecule has 0 saturated carbocycles. The molecule has 0 unspecified atom stereocenters. The van der Waals surface area contributed by atoms with Crippen molar-refractivity contribution in [3.8, 4) is 0 Å². The number of anilines is 2. The van der Waals surface area contributed by atoms with E-state index in [1.807, 2.05) is 18.2 Å². The van der Waals surface area contributed by atoms with Crippen LogP contribution in [0.15, 0.2) is 47.3 Å². The summed E-state index contributed by atoms with van der Waals surface area (Å²) in [6.45, 7) is 3.60. The van der Waals surface area contributed by atoms with Gasteiger partial charge in [0.1, 0.15) is 5.82 Å². The number of aromatic nitrogens is 2. The van der Waals surface area contributed by atoms with Gasteiger partial charge in [0.25, 0.3) is 0 Å². The molecule has 1 saturated heterocycles. The Morgan fingerprint density at radius 2 is 1.73 bits per heavy atom. The second-order valence-corrected chi connectivity index (χ2v) is 6.35. The second-order valence-electron chi connectivity index (χ2n) is 5.34. The molecular formula is C16H16N4OS. The maximum atomic E-state index is 11.4. The number of rotatable bonds is 2. The van der Waals surface area contributed by atoms with Crippen molar-refractivity contribution < 1.29 is 0 Å². The van der Waals surface area contributed by atoms with Crippen LogP contribution in [0.5, 0.6) is 0 Å². The molecule has 4 rings (SSSR count). The Morgan fingerprint density at radius 3 is 2.50 bits per heavy atom. The quantitative estimate of drug-likeness (QED) is 0.789. The minimum Gasteiger partial charge on any atom is -0.355 e. The first-order valence-electron chi connectivity index (χ1n) is 7.34. The topological polar surface area (TPSA) is 52.2 Å². The maximum Gasteiger partial charge on any atom is 0.249 e. The molecule has 0 aliphatic carbocycles. The Bertz CT molecular complexity index is 815. The second kappa shape index (κ2) is 5.46. The smallest absolute Gasteiger partial charge is 0.249 e. The number of fused-ring (bicyclic) bond motifs is 1. The largest absolute Gasteiger partial charge is 0.355 e. The highest BCUT2D eigenvalue weighted by Crippen LogP contribution is 2.29. The normalized spacial score (nSPS) is 15.5. The van der Waals surface area contributed by atoms with Gasteiger partial charge < -0.3 is 14.8 Å². The van der Waals surface area contributed by atoms with Gasteiger partial charge in [-0.15, -0.1) is 0 Å². The molecule has 6 heteroatoms. The van der Waals surface area contributed by atoms with Crippen molar-refractivity contribution in [3.05, 3.63) is 52.8 Å². The van der Waals surface area contributed by atoms with Gasteiger partial charge in [-0.3, -0.25) is 4.79 Å². The van der Waals surface area contributed by atoms with Crippen LogP contribution in [0.2, 0.25) is 0 Å². The van der Waals surface area contributed by atoms with Crippen molar-refractivity contribution in [2.24, 2.45) is 0 Å². The molecule has 5 nitrogen and oxygen atoms in total. The summed E-state index contributed by atoms with van der Waals surface area (Å²) < 4.78 is 1.23. The van der Waals surface area contributed by atoms with Gasteiger partial charge >= 0.3 is 0 Å². The van der Waals surface area contributed by atoms with Gasteiger partial charge in [0.05, 0.1) is 10.2 Å². The third-order valence-electron chi connectivity index (χ3n) is 3.93. The average molecular weight is 312 g/mol. The molecule has 1 aromatic carbocycles. The van der Waals surface area contributed by atoms with E-state index in [1.54, 1.807) is 23.5 Å². The van der Waals surface area contributed by atoms with E-state index < -0.39 is 0 Å². The lowest BCUT2D eigenvalue weighted by molar-refractivity contribution is 0.646. The number of hydrogen-bond donors (Lipinski definition) is 1. The third kappa shape index (κ3) is 2.46. The van der Waals surface area contributed by atoms with Gasteiger partial charge in [0, 0.05) is 32.2 Å². The maximum absolute atomic E-state index is 11.4. The highest BCUT2D eigenvalue weighted by atomic mass is 32.1. The Kier molecular flexibility index (Phi) is 3.31. The van der Waals surface area contributed by atoms with Gasteiger partial charge in [-0.25, -0.2) is 4.98 Å². The molecule has 112 valence electrons. The lowest BCUT2D eigenvalue weighted by Crippen LogP contribution is -2.47. The first-order chi connectivity index (χ1) is 10.8. The summed E-state index contributed by atoms with van der Waals surface area (Å²) in [6, 6.07) is 13.5. The van der Waals surface area contributed by atoms with Crippen molar-refractivity contribution in [1.82, 2.24) is 9.97 Å². The number of thiazole rings is 1. The van der Waals surface area contributed by atoms with Gasteiger partial charge in [-0.1, -0.05) is 29.5 Å². The van der Waals surface area contributed by atoms with E-state index >= 15 is 0 Å². The predicted octanol–water partition coefficient (Wildman–Crippen LogP) is 2.31. The number of pyridine rings is 1. The molecule has 1 fully saturated rings. The van der Waals surface area contributed by atoms with E-state index in [0.29, 0.717) is 0 Å². The molecule has 1 aliphatic rings. The summed E-state index contributed by atoms with van der Waals surface area (Å²) >= 11 is 1.74. The minimum absolute atomic E-state index is 0.0499. The summed E-state index contributed by atoms with van der Waals surface area (Å²) in [6.07, 6.45) is 0. The zero-order valence-corrected chi connectivity index (χ0v) is 12.8. The van der Waals surface area contributed by atoms with E-state index in [0.717, 1.165) is 42.6 Å². The van der Waals surface area contributed by atoms with Crippen molar-refractivity contribution in [3.63, 3.8) is 0 Å². The Morgan fingerprint density at radius 1 is 0.955 bits per heavy atom. The standard InChI is InChI=1S/C16H16N4OS/c21-15-7-3-6-14(18-15)19-8-10-20(11-9-19)16-17-12-4-1-2-5-13(12)22-16/h1-7H,8-11H2,(H,18,21). The van der Waals surface area contributed by atoms with E-state index in [4.69, 9.17) is 4.98 Å². The molecule has 1 aliphatic heterocycles. The van der Waals surface area contributed by atoms with Crippen LogP contribution < -0.4 is 15.4 Å². The molecule has 2 aromatic heterocycles. The predicted molar refractivity (Wildman–Crippen MR) is 91.1 cm³/mol. The minimum atomic E-state index is -0.0499. The fraction of sp³-hybridized carbons (Fsp3) is 0.250. The lowest BCUT2D eigenvalue weighted by Gasteiger charge is -2.35. The molecule has 0 bridgehead atoms. The Labute approximate surface area is 131 Å². The molecule has 3 aromatic rings. The van der Waals surface area contributed by atoms with Crippen LogP contribution >= 0.6 is 11.3 Å². The van der Waals surface area contributed by atoms with E-state index in [1.165, 1.54) is 4.70 Å². The Hall–Kier alpha value is -2.34. The lowest BCUT2D eigenvalue weighted by atomic mass is 10.3. The number of aromatic amines is 1. The van der Waals surface area contributed by atoms with Gasteiger partial charge in [-0.2, -0.15) is 0 Å². The number of nitrogens with zero attached hydrogens (tertiary/aromatic N) is 3.